The van der Waals surface area contributed by atoms with E-state index >= 15 is 0 Å². The summed E-state index contributed by atoms with van der Waals surface area (Å²) >= 11 is 6.18. The van der Waals surface area contributed by atoms with E-state index in [2.05, 4.69) is 9.88 Å². The smallest absolute Gasteiger partial charge is 0.216 e. The monoisotopic (exact) mass is 375 g/mol. The van der Waals surface area contributed by atoms with Crippen molar-refractivity contribution in [1.29, 1.82) is 0 Å². The molecule has 7 nitrogen and oxygen atoms in total. The maximum Gasteiger partial charge on any atom is 0.216 e. The van der Waals surface area contributed by atoms with Crippen LogP contribution >= 0.6 is 11.6 Å². The van der Waals surface area contributed by atoms with E-state index in [0.717, 1.165) is 5.56 Å². The van der Waals surface area contributed by atoms with Gasteiger partial charge in [-0.2, -0.15) is 4.31 Å². The van der Waals surface area contributed by atoms with Gasteiger partial charge >= 0.3 is 0 Å². The van der Waals surface area contributed by atoms with E-state index in [1.807, 2.05) is 6.07 Å². The zero-order chi connectivity index (χ0) is 17.2. The van der Waals surface area contributed by atoms with Crippen molar-refractivity contribution in [1.82, 2.24) is 14.2 Å². The van der Waals surface area contributed by atoms with Crippen LogP contribution in [0.4, 0.5) is 0 Å². The summed E-state index contributed by atoms with van der Waals surface area (Å²) in [6, 6.07) is 1.70. The van der Waals surface area contributed by atoms with Crippen molar-refractivity contribution in [2.75, 3.05) is 45.7 Å². The van der Waals surface area contributed by atoms with Gasteiger partial charge in [0.05, 0.1) is 36.1 Å². The predicted octanol–water partition coefficient (Wildman–Crippen LogP) is 0.596. The van der Waals surface area contributed by atoms with Crippen LogP contribution in [0, 0.1) is 0 Å². The number of pyridine rings is 1. The average molecular weight is 376 g/mol. The summed E-state index contributed by atoms with van der Waals surface area (Å²) in [6.45, 7) is 2.91. The molecule has 2 saturated heterocycles. The molecular formula is C15H22ClN3O4S. The van der Waals surface area contributed by atoms with Crippen molar-refractivity contribution in [3.05, 3.63) is 29.0 Å². The van der Waals surface area contributed by atoms with E-state index in [0.29, 0.717) is 37.8 Å². The number of likely N-dealkylation sites (tertiary alicyclic amines) is 1. The maximum absolute atomic E-state index is 12.5. The molecule has 0 radical (unpaired) electrons. The molecule has 0 N–H and O–H groups in total. The Morgan fingerprint density at radius 3 is 3.04 bits per heavy atom. The summed E-state index contributed by atoms with van der Waals surface area (Å²) in [5, 5.41) is 0.620. The van der Waals surface area contributed by atoms with Crippen molar-refractivity contribution in [3.63, 3.8) is 0 Å². The number of methoxy groups -OCH3 is 1. The first kappa shape index (κ1) is 18.0. The molecule has 2 aliphatic rings. The van der Waals surface area contributed by atoms with Crippen molar-refractivity contribution in [3.8, 4) is 0 Å². The van der Waals surface area contributed by atoms with Crippen LogP contribution in [-0.2, 0) is 26.0 Å². The Hall–Kier alpha value is -0.770. The fraction of sp³-hybridized carbons (Fsp3) is 0.667. The van der Waals surface area contributed by atoms with Crippen molar-refractivity contribution < 1.29 is 17.9 Å². The van der Waals surface area contributed by atoms with E-state index in [-0.39, 0.29) is 24.5 Å². The van der Waals surface area contributed by atoms with Crippen LogP contribution in [0.3, 0.4) is 0 Å². The molecular weight excluding hydrogens is 354 g/mol. The Labute approximate surface area is 147 Å². The van der Waals surface area contributed by atoms with Crippen LogP contribution in [0.15, 0.2) is 18.5 Å². The summed E-state index contributed by atoms with van der Waals surface area (Å²) in [5.74, 6) is 0.0277. The third kappa shape index (κ3) is 3.89. The fourth-order valence-corrected chi connectivity index (χ4v) is 4.98. The standard InChI is InChI=1S/C15H22ClN3O4S/c1-22-5-4-19-14-10-18(9-12-2-3-17-8-13(12)16)11-15(14)23-6-7-24(19,20)21/h2-3,8,14-15H,4-7,9-11H2,1H3/t14-,15+/m1/s1. The highest BCUT2D eigenvalue weighted by Gasteiger charge is 2.44. The lowest BCUT2D eigenvalue weighted by Gasteiger charge is -2.28. The van der Waals surface area contributed by atoms with Gasteiger partial charge in [0.15, 0.2) is 0 Å². The Kier molecular flexibility index (Phi) is 5.74. The van der Waals surface area contributed by atoms with Gasteiger partial charge < -0.3 is 9.47 Å². The zero-order valence-corrected chi connectivity index (χ0v) is 15.2. The molecule has 2 atom stereocenters. The van der Waals surface area contributed by atoms with E-state index in [9.17, 15) is 8.42 Å². The summed E-state index contributed by atoms with van der Waals surface area (Å²) in [4.78, 5) is 6.17. The van der Waals surface area contributed by atoms with Crippen LogP contribution in [0.5, 0.6) is 0 Å². The molecule has 0 aromatic carbocycles. The number of hydrogen-bond donors (Lipinski definition) is 0. The van der Waals surface area contributed by atoms with Gasteiger partial charge in [-0.25, -0.2) is 8.42 Å². The molecule has 24 heavy (non-hydrogen) atoms. The highest BCUT2D eigenvalue weighted by molar-refractivity contribution is 7.89. The van der Waals surface area contributed by atoms with E-state index < -0.39 is 10.0 Å². The lowest BCUT2D eigenvalue weighted by atomic mass is 10.2. The van der Waals surface area contributed by atoms with Crippen LogP contribution < -0.4 is 0 Å². The van der Waals surface area contributed by atoms with Gasteiger partial charge in [-0.3, -0.25) is 9.88 Å². The molecule has 1 aromatic rings. The van der Waals surface area contributed by atoms with Gasteiger partial charge in [0, 0.05) is 45.7 Å². The fourth-order valence-electron chi connectivity index (χ4n) is 3.29. The Balaban J connectivity index is 1.75. The molecule has 0 amide bonds. The lowest BCUT2D eigenvalue weighted by molar-refractivity contribution is 0.0431. The second-order valence-corrected chi connectivity index (χ2v) is 8.51. The summed E-state index contributed by atoms with van der Waals surface area (Å²) < 4.78 is 37.5. The first-order valence-corrected chi connectivity index (χ1v) is 9.91. The minimum atomic E-state index is -3.33. The first-order valence-electron chi connectivity index (χ1n) is 7.92. The summed E-state index contributed by atoms with van der Waals surface area (Å²) in [6.07, 6.45) is 3.21. The molecule has 1 aromatic heterocycles. The van der Waals surface area contributed by atoms with Gasteiger partial charge in [0.25, 0.3) is 0 Å². The Morgan fingerprint density at radius 1 is 1.46 bits per heavy atom. The molecule has 134 valence electrons. The SMILES string of the molecule is COCCN1[C@@H]2CN(Cc3ccncc3Cl)C[C@@H]2OCCS1(=O)=O. The second-order valence-electron chi connectivity index (χ2n) is 6.06. The van der Waals surface area contributed by atoms with Crippen LogP contribution in [-0.4, -0.2) is 80.5 Å². The number of hydrogen-bond acceptors (Lipinski definition) is 6. The minimum Gasteiger partial charge on any atom is -0.383 e. The highest BCUT2D eigenvalue weighted by atomic mass is 35.5. The van der Waals surface area contributed by atoms with Crippen LogP contribution in [0.1, 0.15) is 5.56 Å². The Bertz CT molecular complexity index is 672. The molecule has 0 bridgehead atoms. The van der Waals surface area contributed by atoms with Crippen molar-refractivity contribution in [2.24, 2.45) is 0 Å². The number of sulfonamides is 1. The second kappa shape index (κ2) is 7.63. The maximum atomic E-state index is 12.5. The lowest BCUT2D eigenvalue weighted by Crippen LogP contribution is -2.47. The van der Waals surface area contributed by atoms with Crippen LogP contribution in [0.2, 0.25) is 5.02 Å². The number of aromatic nitrogens is 1. The van der Waals surface area contributed by atoms with Crippen molar-refractivity contribution in [2.45, 2.75) is 18.7 Å². The largest absolute Gasteiger partial charge is 0.383 e. The number of ether oxygens (including phenoxy) is 2. The van der Waals surface area contributed by atoms with E-state index in [4.69, 9.17) is 21.1 Å². The normalized spacial score (nSPS) is 27.8. The Morgan fingerprint density at radius 2 is 2.29 bits per heavy atom. The molecule has 2 aliphatic heterocycles. The first-order chi connectivity index (χ1) is 11.5. The van der Waals surface area contributed by atoms with Gasteiger partial charge in [-0.05, 0) is 11.6 Å². The molecule has 3 heterocycles. The van der Waals surface area contributed by atoms with Gasteiger partial charge in [0.2, 0.25) is 10.0 Å². The highest BCUT2D eigenvalue weighted by Crippen LogP contribution is 2.27. The van der Waals surface area contributed by atoms with Crippen LogP contribution in [0.25, 0.3) is 0 Å². The average Bonchev–Trinajstić information content (AvgIpc) is 2.87. The van der Waals surface area contributed by atoms with E-state index in [1.54, 1.807) is 23.8 Å². The minimum absolute atomic E-state index is 0.0277. The molecule has 0 spiro atoms. The van der Waals surface area contributed by atoms with Crippen molar-refractivity contribution >= 4 is 21.6 Å². The van der Waals surface area contributed by atoms with Gasteiger partial charge in [-0.15, -0.1) is 0 Å². The van der Waals surface area contributed by atoms with Gasteiger partial charge in [-0.1, -0.05) is 11.6 Å². The molecule has 9 heteroatoms. The summed E-state index contributed by atoms with van der Waals surface area (Å²) in [7, 11) is -1.75. The number of nitrogens with zero attached hydrogens (tertiary/aromatic N) is 3. The third-order valence-corrected chi connectivity index (χ3v) is 6.67. The number of fused-ring (bicyclic) bond motifs is 1. The molecule has 2 fully saturated rings. The number of halogens is 1. The van der Waals surface area contributed by atoms with E-state index in [1.165, 1.54) is 0 Å². The number of rotatable bonds is 5. The topological polar surface area (TPSA) is 72.0 Å². The molecule has 0 unspecified atom stereocenters. The molecule has 0 saturated carbocycles. The van der Waals surface area contributed by atoms with Gasteiger partial charge in [0.1, 0.15) is 0 Å². The summed E-state index contributed by atoms with van der Waals surface area (Å²) in [5.41, 5.74) is 0.981. The molecule has 3 rings (SSSR count). The predicted molar refractivity (Wildman–Crippen MR) is 90.4 cm³/mol. The zero-order valence-electron chi connectivity index (χ0n) is 13.6. The molecule has 0 aliphatic carbocycles. The quantitative estimate of drug-likeness (QED) is 0.750. The third-order valence-electron chi connectivity index (χ3n) is 4.48.